The highest BCUT2D eigenvalue weighted by Gasteiger charge is 2.31. The normalized spacial score (nSPS) is 20.1. The second-order valence-corrected chi connectivity index (χ2v) is 9.03. The third-order valence-electron chi connectivity index (χ3n) is 6.39. The fourth-order valence-electron chi connectivity index (χ4n) is 4.84. The van der Waals surface area contributed by atoms with Crippen molar-refractivity contribution in [1.29, 1.82) is 0 Å². The average molecular weight is 459 g/mol. The van der Waals surface area contributed by atoms with E-state index in [2.05, 4.69) is 18.7 Å². The standard InChI is InChI=1S/C27H30N4O3/c1-18-15-31(16-19(2)34-18)26-23-17-30(27(32)21-10-7-11-22(14-21)33-3)13-12-24(23)28-25(29-26)20-8-5-4-6-9-20/h4-11,14,18-19H,12-13,15-17H2,1-3H3. The fraction of sp³-hybridized carbons (Fsp3) is 0.370. The molecule has 0 spiro atoms. The summed E-state index contributed by atoms with van der Waals surface area (Å²) in [6.45, 7) is 6.79. The number of amides is 1. The maximum Gasteiger partial charge on any atom is 0.254 e. The zero-order valence-electron chi connectivity index (χ0n) is 19.9. The van der Waals surface area contributed by atoms with E-state index in [0.29, 0.717) is 30.8 Å². The molecule has 2 aliphatic heterocycles. The molecule has 1 saturated heterocycles. The number of carbonyl (C=O) groups is 1. The molecular formula is C27H30N4O3. The number of fused-ring (bicyclic) bond motifs is 1. The largest absolute Gasteiger partial charge is 0.497 e. The summed E-state index contributed by atoms with van der Waals surface area (Å²) in [5.74, 6) is 2.31. The Balaban J connectivity index is 1.52. The van der Waals surface area contributed by atoms with Crippen molar-refractivity contribution in [2.75, 3.05) is 31.6 Å². The number of rotatable bonds is 4. The van der Waals surface area contributed by atoms with Crippen LogP contribution in [-0.4, -0.2) is 59.7 Å². The summed E-state index contributed by atoms with van der Waals surface area (Å²) in [5, 5.41) is 0. The molecule has 1 amide bonds. The van der Waals surface area contributed by atoms with E-state index in [1.807, 2.05) is 53.4 Å². The number of hydrogen-bond acceptors (Lipinski definition) is 6. The van der Waals surface area contributed by atoms with Gasteiger partial charge in [0.05, 0.1) is 31.6 Å². The summed E-state index contributed by atoms with van der Waals surface area (Å²) in [5.41, 5.74) is 3.67. The van der Waals surface area contributed by atoms with Crippen LogP contribution >= 0.6 is 0 Å². The molecule has 2 aliphatic rings. The van der Waals surface area contributed by atoms with Crippen molar-refractivity contribution in [3.8, 4) is 17.1 Å². The Morgan fingerprint density at radius 3 is 2.53 bits per heavy atom. The Bertz CT molecular complexity index is 1170. The zero-order chi connectivity index (χ0) is 23.7. The van der Waals surface area contributed by atoms with E-state index < -0.39 is 0 Å². The molecule has 2 atom stereocenters. The van der Waals surface area contributed by atoms with Crippen LogP contribution in [-0.2, 0) is 17.7 Å². The number of anilines is 1. The van der Waals surface area contributed by atoms with E-state index in [-0.39, 0.29) is 18.1 Å². The quantitative estimate of drug-likeness (QED) is 0.590. The van der Waals surface area contributed by atoms with Crippen LogP contribution in [0.2, 0.25) is 0 Å². The second-order valence-electron chi connectivity index (χ2n) is 9.03. The van der Waals surface area contributed by atoms with E-state index in [1.54, 1.807) is 13.2 Å². The molecule has 0 radical (unpaired) electrons. The van der Waals surface area contributed by atoms with Gasteiger partial charge in [-0.25, -0.2) is 9.97 Å². The number of morpholine rings is 1. The summed E-state index contributed by atoms with van der Waals surface area (Å²) in [7, 11) is 1.61. The Hall–Kier alpha value is -3.45. The molecular weight excluding hydrogens is 428 g/mol. The van der Waals surface area contributed by atoms with Crippen LogP contribution in [0.3, 0.4) is 0 Å². The molecule has 1 fully saturated rings. The summed E-state index contributed by atoms with van der Waals surface area (Å²) in [4.78, 5) is 27.5. The Labute approximate surface area is 200 Å². The first-order valence-electron chi connectivity index (χ1n) is 11.8. The molecule has 2 aromatic carbocycles. The third-order valence-corrected chi connectivity index (χ3v) is 6.39. The lowest BCUT2D eigenvalue weighted by Gasteiger charge is -2.39. The van der Waals surface area contributed by atoms with Gasteiger partial charge in [-0.3, -0.25) is 4.79 Å². The predicted octanol–water partition coefficient (Wildman–Crippen LogP) is 3.96. The van der Waals surface area contributed by atoms with Gasteiger partial charge >= 0.3 is 0 Å². The minimum Gasteiger partial charge on any atom is -0.497 e. The molecule has 1 aromatic heterocycles. The van der Waals surface area contributed by atoms with Crippen molar-refractivity contribution in [3.05, 3.63) is 71.4 Å². The van der Waals surface area contributed by atoms with Crippen LogP contribution in [0, 0.1) is 0 Å². The van der Waals surface area contributed by atoms with Gasteiger partial charge < -0.3 is 19.3 Å². The SMILES string of the molecule is COc1cccc(C(=O)N2CCc3nc(-c4ccccc4)nc(N4CC(C)OC(C)C4)c3C2)c1. The second kappa shape index (κ2) is 9.43. The van der Waals surface area contributed by atoms with Crippen LogP contribution in [0.4, 0.5) is 5.82 Å². The molecule has 7 nitrogen and oxygen atoms in total. The molecule has 176 valence electrons. The monoisotopic (exact) mass is 458 g/mol. The minimum absolute atomic E-state index is 0.00801. The lowest BCUT2D eigenvalue weighted by molar-refractivity contribution is -0.00558. The topological polar surface area (TPSA) is 67.8 Å². The maximum atomic E-state index is 13.4. The molecule has 34 heavy (non-hydrogen) atoms. The molecule has 5 rings (SSSR count). The highest BCUT2D eigenvalue weighted by Crippen LogP contribution is 2.32. The minimum atomic E-state index is -0.00801. The first-order valence-corrected chi connectivity index (χ1v) is 11.8. The number of benzene rings is 2. The van der Waals surface area contributed by atoms with E-state index >= 15 is 0 Å². The van der Waals surface area contributed by atoms with E-state index in [1.165, 1.54) is 0 Å². The highest BCUT2D eigenvalue weighted by molar-refractivity contribution is 5.94. The number of hydrogen-bond donors (Lipinski definition) is 0. The molecule has 0 aliphatic carbocycles. The summed E-state index contributed by atoms with van der Waals surface area (Å²) >= 11 is 0. The summed E-state index contributed by atoms with van der Waals surface area (Å²) in [6.07, 6.45) is 0.899. The number of carbonyl (C=O) groups excluding carboxylic acids is 1. The predicted molar refractivity (Wildman–Crippen MR) is 131 cm³/mol. The van der Waals surface area contributed by atoms with E-state index in [9.17, 15) is 4.79 Å². The van der Waals surface area contributed by atoms with E-state index in [4.69, 9.17) is 19.4 Å². The summed E-state index contributed by atoms with van der Waals surface area (Å²) in [6, 6.07) is 17.4. The lowest BCUT2D eigenvalue weighted by atomic mass is 10.0. The van der Waals surface area contributed by atoms with Crippen molar-refractivity contribution in [1.82, 2.24) is 14.9 Å². The zero-order valence-corrected chi connectivity index (χ0v) is 19.9. The van der Waals surface area contributed by atoms with Crippen molar-refractivity contribution in [2.45, 2.75) is 39.0 Å². The molecule has 7 heteroatoms. The van der Waals surface area contributed by atoms with Crippen LogP contribution < -0.4 is 9.64 Å². The Kier molecular flexibility index (Phi) is 6.20. The number of methoxy groups -OCH3 is 1. The van der Waals surface area contributed by atoms with Gasteiger partial charge in [-0.1, -0.05) is 36.4 Å². The van der Waals surface area contributed by atoms with Gasteiger partial charge in [0.1, 0.15) is 11.6 Å². The molecule has 2 unspecified atom stereocenters. The third kappa shape index (κ3) is 4.48. The number of nitrogens with zero attached hydrogens (tertiary/aromatic N) is 4. The van der Waals surface area contributed by atoms with Crippen molar-refractivity contribution < 1.29 is 14.3 Å². The van der Waals surface area contributed by atoms with Gasteiger partial charge in [0, 0.05) is 42.7 Å². The van der Waals surface area contributed by atoms with Gasteiger partial charge in [-0.15, -0.1) is 0 Å². The number of aromatic nitrogens is 2. The molecule has 3 aromatic rings. The van der Waals surface area contributed by atoms with Crippen LogP contribution in [0.1, 0.15) is 35.5 Å². The van der Waals surface area contributed by atoms with Crippen LogP contribution in [0.25, 0.3) is 11.4 Å². The lowest BCUT2D eigenvalue weighted by Crippen LogP contribution is -2.47. The van der Waals surface area contributed by atoms with Crippen molar-refractivity contribution in [3.63, 3.8) is 0 Å². The van der Waals surface area contributed by atoms with Gasteiger partial charge in [-0.2, -0.15) is 0 Å². The first kappa shape index (κ1) is 22.3. The first-order chi connectivity index (χ1) is 16.5. The summed E-state index contributed by atoms with van der Waals surface area (Å²) < 4.78 is 11.3. The molecule has 0 bridgehead atoms. The van der Waals surface area contributed by atoms with Gasteiger partial charge in [0.15, 0.2) is 5.82 Å². The smallest absolute Gasteiger partial charge is 0.254 e. The Morgan fingerprint density at radius 2 is 1.79 bits per heavy atom. The fourth-order valence-corrected chi connectivity index (χ4v) is 4.84. The van der Waals surface area contributed by atoms with Crippen LogP contribution in [0.15, 0.2) is 54.6 Å². The van der Waals surface area contributed by atoms with Gasteiger partial charge in [-0.05, 0) is 32.0 Å². The van der Waals surface area contributed by atoms with Gasteiger partial charge in [0.25, 0.3) is 5.91 Å². The molecule has 3 heterocycles. The average Bonchev–Trinajstić information content (AvgIpc) is 2.87. The molecule has 0 N–H and O–H groups in total. The Morgan fingerprint density at radius 1 is 1.03 bits per heavy atom. The van der Waals surface area contributed by atoms with Crippen molar-refractivity contribution in [2.24, 2.45) is 0 Å². The van der Waals surface area contributed by atoms with E-state index in [0.717, 1.165) is 41.6 Å². The van der Waals surface area contributed by atoms with Gasteiger partial charge in [0.2, 0.25) is 0 Å². The number of ether oxygens (including phenoxy) is 2. The molecule has 0 saturated carbocycles. The van der Waals surface area contributed by atoms with Crippen LogP contribution in [0.5, 0.6) is 5.75 Å². The highest BCUT2D eigenvalue weighted by atomic mass is 16.5. The maximum absolute atomic E-state index is 13.4. The van der Waals surface area contributed by atoms with Crippen molar-refractivity contribution >= 4 is 11.7 Å².